The molecule has 0 amide bonds. The van der Waals surface area contributed by atoms with Crippen LogP contribution in [0.5, 0.6) is 5.75 Å². The molecule has 0 aliphatic carbocycles. The number of rotatable bonds is 5. The Morgan fingerprint density at radius 3 is 2.35 bits per heavy atom. The van der Waals surface area contributed by atoms with Gasteiger partial charge in [-0.1, -0.05) is 30.3 Å². The van der Waals surface area contributed by atoms with Gasteiger partial charge in [0.2, 0.25) is 0 Å². The molecule has 0 aliphatic rings. The third kappa shape index (κ3) is 3.39. The van der Waals surface area contributed by atoms with Crippen LogP contribution < -0.4 is 4.74 Å². The van der Waals surface area contributed by atoms with Crippen LogP contribution in [0.25, 0.3) is 22.3 Å². The first-order chi connectivity index (χ1) is 12.5. The highest BCUT2D eigenvalue weighted by Gasteiger charge is 2.13. The fourth-order valence-corrected chi connectivity index (χ4v) is 2.73. The average Bonchev–Trinajstić information content (AvgIpc) is 2.67. The Bertz CT molecular complexity index is 997. The number of benzene rings is 3. The van der Waals surface area contributed by atoms with Crippen LogP contribution in [-0.2, 0) is 0 Å². The summed E-state index contributed by atoms with van der Waals surface area (Å²) in [7, 11) is 1.53. The van der Waals surface area contributed by atoms with E-state index >= 15 is 0 Å². The molecular formula is C20H15NO5. The summed E-state index contributed by atoms with van der Waals surface area (Å²) in [6.45, 7) is 0. The predicted molar refractivity (Wildman–Crippen MR) is 97.5 cm³/mol. The summed E-state index contributed by atoms with van der Waals surface area (Å²) in [5.74, 6) is -0.428. The molecule has 0 spiro atoms. The monoisotopic (exact) mass is 349 g/mol. The van der Waals surface area contributed by atoms with Crippen LogP contribution in [0.1, 0.15) is 10.4 Å². The number of hydrogen-bond acceptors (Lipinski definition) is 4. The highest BCUT2D eigenvalue weighted by molar-refractivity contribution is 5.90. The van der Waals surface area contributed by atoms with Crippen molar-refractivity contribution in [2.45, 2.75) is 0 Å². The number of carboxylic acids is 1. The van der Waals surface area contributed by atoms with E-state index in [0.717, 1.165) is 11.1 Å². The molecule has 6 nitrogen and oxygen atoms in total. The van der Waals surface area contributed by atoms with Crippen molar-refractivity contribution in [1.82, 2.24) is 0 Å². The molecular weight excluding hydrogens is 334 g/mol. The van der Waals surface area contributed by atoms with E-state index in [0.29, 0.717) is 16.9 Å². The summed E-state index contributed by atoms with van der Waals surface area (Å²) in [6.07, 6.45) is 0. The molecule has 0 fully saturated rings. The number of hydrogen-bond donors (Lipinski definition) is 1. The molecule has 3 aromatic carbocycles. The van der Waals surface area contributed by atoms with E-state index in [1.807, 2.05) is 18.2 Å². The van der Waals surface area contributed by atoms with Crippen LogP contribution in [-0.4, -0.2) is 23.1 Å². The van der Waals surface area contributed by atoms with Crippen LogP contribution in [0.15, 0.2) is 66.7 Å². The minimum atomic E-state index is -1.00. The molecule has 0 aliphatic heterocycles. The van der Waals surface area contributed by atoms with Crippen molar-refractivity contribution in [3.63, 3.8) is 0 Å². The van der Waals surface area contributed by atoms with Gasteiger partial charge in [-0.2, -0.15) is 0 Å². The van der Waals surface area contributed by atoms with E-state index in [1.54, 1.807) is 30.3 Å². The Kier molecular flexibility index (Phi) is 4.66. The molecule has 0 bridgehead atoms. The van der Waals surface area contributed by atoms with Gasteiger partial charge in [-0.15, -0.1) is 0 Å². The van der Waals surface area contributed by atoms with Gasteiger partial charge < -0.3 is 9.84 Å². The van der Waals surface area contributed by atoms with Crippen LogP contribution in [0.3, 0.4) is 0 Å². The molecule has 0 unspecified atom stereocenters. The number of carboxylic acid groups (broad SMARTS) is 1. The summed E-state index contributed by atoms with van der Waals surface area (Å²) in [5.41, 5.74) is 3.04. The zero-order valence-corrected chi connectivity index (χ0v) is 13.9. The number of nitro benzene ring substituents is 1. The summed E-state index contributed by atoms with van der Waals surface area (Å²) in [5, 5.41) is 20.2. The normalized spacial score (nSPS) is 10.3. The van der Waals surface area contributed by atoms with Gasteiger partial charge in [0, 0.05) is 17.7 Å². The quantitative estimate of drug-likeness (QED) is 0.535. The minimum Gasteiger partial charge on any atom is -0.496 e. The largest absolute Gasteiger partial charge is 0.496 e. The van der Waals surface area contributed by atoms with Crippen molar-refractivity contribution in [3.05, 3.63) is 82.4 Å². The van der Waals surface area contributed by atoms with Crippen molar-refractivity contribution in [1.29, 1.82) is 0 Å². The first-order valence-electron chi connectivity index (χ1n) is 7.76. The van der Waals surface area contributed by atoms with E-state index in [4.69, 9.17) is 9.84 Å². The number of non-ortho nitro benzene ring substituents is 1. The molecule has 0 radical (unpaired) electrons. The molecule has 6 heteroatoms. The molecule has 0 heterocycles. The van der Waals surface area contributed by atoms with Crippen molar-refractivity contribution in [2.75, 3.05) is 7.11 Å². The molecule has 0 saturated heterocycles. The van der Waals surface area contributed by atoms with Crippen LogP contribution in [0.4, 0.5) is 5.69 Å². The van der Waals surface area contributed by atoms with E-state index in [-0.39, 0.29) is 11.3 Å². The molecule has 0 atom stereocenters. The van der Waals surface area contributed by atoms with Crippen LogP contribution in [0.2, 0.25) is 0 Å². The Labute approximate surface area is 149 Å². The summed E-state index contributed by atoms with van der Waals surface area (Å²) in [4.78, 5) is 21.8. The lowest BCUT2D eigenvalue weighted by Crippen LogP contribution is -1.96. The first kappa shape index (κ1) is 17.2. The van der Waals surface area contributed by atoms with E-state index in [2.05, 4.69) is 0 Å². The zero-order valence-electron chi connectivity index (χ0n) is 13.9. The van der Waals surface area contributed by atoms with Crippen LogP contribution in [0, 0.1) is 10.1 Å². The Morgan fingerprint density at radius 1 is 0.962 bits per heavy atom. The highest BCUT2D eigenvalue weighted by atomic mass is 16.6. The highest BCUT2D eigenvalue weighted by Crippen LogP contribution is 2.35. The number of carbonyl (C=O) groups is 1. The first-order valence-corrected chi connectivity index (χ1v) is 7.76. The maximum Gasteiger partial charge on any atom is 0.335 e. The van der Waals surface area contributed by atoms with Crippen molar-refractivity contribution < 1.29 is 19.6 Å². The SMILES string of the molecule is COc1ccc(-c2cccc(C(=O)O)c2)cc1-c1cccc([N+](=O)[O-])c1. The number of ether oxygens (including phenoxy) is 1. The van der Waals surface area contributed by atoms with Gasteiger partial charge in [0.25, 0.3) is 5.69 Å². The summed E-state index contributed by atoms with van der Waals surface area (Å²) in [6, 6.07) is 18.3. The van der Waals surface area contributed by atoms with Crippen LogP contribution >= 0.6 is 0 Å². The van der Waals surface area contributed by atoms with Gasteiger partial charge in [0.05, 0.1) is 17.6 Å². The van der Waals surface area contributed by atoms with Gasteiger partial charge in [-0.3, -0.25) is 10.1 Å². The second-order valence-electron chi connectivity index (χ2n) is 5.61. The third-order valence-corrected chi connectivity index (χ3v) is 4.01. The Morgan fingerprint density at radius 2 is 1.65 bits per heavy atom. The maximum atomic E-state index is 11.2. The van der Waals surface area contributed by atoms with Crippen molar-refractivity contribution in [3.8, 4) is 28.0 Å². The van der Waals surface area contributed by atoms with E-state index in [1.165, 1.54) is 25.3 Å². The zero-order chi connectivity index (χ0) is 18.7. The molecule has 0 saturated carbocycles. The van der Waals surface area contributed by atoms with Gasteiger partial charge in [0.1, 0.15) is 5.75 Å². The standard InChI is InChI=1S/C20H15NO5/c1-26-19-9-8-14(13-4-2-6-16(10-13)20(22)23)12-18(19)15-5-3-7-17(11-15)21(24)25/h2-12H,1H3,(H,22,23). The average molecular weight is 349 g/mol. The smallest absolute Gasteiger partial charge is 0.335 e. The van der Waals surface area contributed by atoms with Crippen molar-refractivity contribution >= 4 is 11.7 Å². The second-order valence-corrected chi connectivity index (χ2v) is 5.61. The molecule has 3 aromatic rings. The second kappa shape index (κ2) is 7.06. The molecule has 26 heavy (non-hydrogen) atoms. The van der Waals surface area contributed by atoms with Gasteiger partial charge in [0.15, 0.2) is 0 Å². The molecule has 1 N–H and O–H groups in total. The van der Waals surface area contributed by atoms with Gasteiger partial charge in [-0.05, 0) is 41.0 Å². The number of aromatic carboxylic acids is 1. The molecule has 130 valence electrons. The van der Waals surface area contributed by atoms with Crippen molar-refractivity contribution in [2.24, 2.45) is 0 Å². The number of methoxy groups -OCH3 is 1. The lowest BCUT2D eigenvalue weighted by molar-refractivity contribution is -0.384. The number of nitro groups is 1. The maximum absolute atomic E-state index is 11.2. The Balaban J connectivity index is 2.13. The summed E-state index contributed by atoms with van der Waals surface area (Å²) < 4.78 is 5.39. The topological polar surface area (TPSA) is 89.7 Å². The summed E-state index contributed by atoms with van der Waals surface area (Å²) >= 11 is 0. The lowest BCUT2D eigenvalue weighted by atomic mass is 9.97. The lowest BCUT2D eigenvalue weighted by Gasteiger charge is -2.12. The van der Waals surface area contributed by atoms with E-state index < -0.39 is 10.9 Å². The Hall–Kier alpha value is -3.67. The van der Waals surface area contributed by atoms with Gasteiger partial charge >= 0.3 is 5.97 Å². The van der Waals surface area contributed by atoms with E-state index in [9.17, 15) is 14.9 Å². The predicted octanol–water partition coefficient (Wildman–Crippen LogP) is 4.64. The van der Waals surface area contributed by atoms with Gasteiger partial charge in [-0.25, -0.2) is 4.79 Å². The minimum absolute atomic E-state index is 0.0113. The fraction of sp³-hybridized carbons (Fsp3) is 0.0500. The third-order valence-electron chi connectivity index (χ3n) is 4.01. The number of nitrogens with zero attached hydrogens (tertiary/aromatic N) is 1. The molecule has 3 rings (SSSR count). The molecule has 0 aromatic heterocycles. The fourth-order valence-electron chi connectivity index (χ4n) is 2.73.